The van der Waals surface area contributed by atoms with Crippen molar-refractivity contribution in [1.29, 1.82) is 0 Å². The lowest BCUT2D eigenvalue weighted by Crippen LogP contribution is -2.00. The van der Waals surface area contributed by atoms with Crippen LogP contribution in [0.5, 0.6) is 5.75 Å². The standard InChI is InChI=1S/C30H36N2O/c1-8-9-16-33-29-18-27(22(6)17-23(29)7)28-15-10-12-24(32-28)19-31-30-25(20(2)3)13-11-14-26(30)21(4)5/h8,10-15,17-21H,1,9,16H2,2-7H3. The monoisotopic (exact) mass is 440 g/mol. The number of ether oxygens (including phenoxy) is 1. The van der Waals surface area contributed by atoms with Gasteiger partial charge in [-0.15, -0.1) is 6.58 Å². The first-order chi connectivity index (χ1) is 15.8. The second-order valence-corrected chi connectivity index (χ2v) is 9.16. The normalized spacial score (nSPS) is 11.5. The molecule has 0 unspecified atom stereocenters. The molecule has 0 fully saturated rings. The molecule has 0 aliphatic carbocycles. The first-order valence-corrected chi connectivity index (χ1v) is 11.8. The Kier molecular flexibility index (Phi) is 8.21. The van der Waals surface area contributed by atoms with Gasteiger partial charge in [0.15, 0.2) is 0 Å². The van der Waals surface area contributed by atoms with Crippen molar-refractivity contribution in [3.8, 4) is 17.0 Å². The number of aliphatic imine (C=N–C) groups is 1. The smallest absolute Gasteiger partial charge is 0.122 e. The van der Waals surface area contributed by atoms with E-state index in [0.29, 0.717) is 18.4 Å². The maximum atomic E-state index is 5.98. The van der Waals surface area contributed by atoms with E-state index in [2.05, 4.69) is 78.5 Å². The van der Waals surface area contributed by atoms with Crippen LogP contribution < -0.4 is 4.74 Å². The summed E-state index contributed by atoms with van der Waals surface area (Å²) in [5.74, 6) is 1.71. The van der Waals surface area contributed by atoms with E-state index in [1.807, 2.05) is 30.5 Å². The Morgan fingerprint density at radius 1 is 0.939 bits per heavy atom. The third-order valence-electron chi connectivity index (χ3n) is 5.82. The summed E-state index contributed by atoms with van der Waals surface area (Å²) in [6, 6.07) is 16.8. The van der Waals surface area contributed by atoms with E-state index in [-0.39, 0.29) is 0 Å². The minimum atomic E-state index is 0.407. The van der Waals surface area contributed by atoms with Gasteiger partial charge in [0, 0.05) is 5.56 Å². The van der Waals surface area contributed by atoms with Crippen molar-refractivity contribution in [1.82, 2.24) is 4.98 Å². The molecule has 33 heavy (non-hydrogen) atoms. The molecule has 0 saturated carbocycles. The van der Waals surface area contributed by atoms with E-state index in [1.54, 1.807) is 0 Å². The number of aromatic nitrogens is 1. The summed E-state index contributed by atoms with van der Waals surface area (Å²) in [4.78, 5) is 9.85. The zero-order valence-corrected chi connectivity index (χ0v) is 20.9. The van der Waals surface area contributed by atoms with Crippen LogP contribution in [0.25, 0.3) is 11.3 Å². The molecule has 1 aromatic heterocycles. The summed E-state index contributed by atoms with van der Waals surface area (Å²) in [6.07, 6.45) is 4.58. The topological polar surface area (TPSA) is 34.5 Å². The molecular formula is C30H36N2O. The van der Waals surface area contributed by atoms with Gasteiger partial charge >= 0.3 is 0 Å². The van der Waals surface area contributed by atoms with E-state index in [1.165, 1.54) is 16.7 Å². The van der Waals surface area contributed by atoms with Crippen molar-refractivity contribution < 1.29 is 4.74 Å². The first kappa shape index (κ1) is 24.4. The lowest BCUT2D eigenvalue weighted by molar-refractivity contribution is 0.323. The van der Waals surface area contributed by atoms with Gasteiger partial charge in [0.2, 0.25) is 0 Å². The van der Waals surface area contributed by atoms with E-state index in [4.69, 9.17) is 14.7 Å². The molecule has 1 heterocycles. The second-order valence-electron chi connectivity index (χ2n) is 9.16. The molecule has 3 heteroatoms. The zero-order valence-electron chi connectivity index (χ0n) is 20.9. The van der Waals surface area contributed by atoms with Crippen LogP contribution in [-0.2, 0) is 0 Å². The lowest BCUT2D eigenvalue weighted by Gasteiger charge is -2.16. The predicted octanol–water partition coefficient (Wildman–Crippen LogP) is 8.32. The fourth-order valence-corrected chi connectivity index (χ4v) is 3.98. The Hall–Kier alpha value is -3.20. The van der Waals surface area contributed by atoms with E-state index >= 15 is 0 Å². The van der Waals surface area contributed by atoms with Crippen molar-refractivity contribution in [3.05, 3.63) is 89.1 Å². The number of benzene rings is 2. The molecule has 3 rings (SSSR count). The Morgan fingerprint density at radius 3 is 2.24 bits per heavy atom. The molecule has 0 amide bonds. The molecule has 0 aliphatic heterocycles. The molecule has 3 nitrogen and oxygen atoms in total. The van der Waals surface area contributed by atoms with Crippen LogP contribution in [0.1, 0.15) is 73.9 Å². The number of hydrogen-bond acceptors (Lipinski definition) is 3. The summed E-state index contributed by atoms with van der Waals surface area (Å²) >= 11 is 0. The molecule has 0 aliphatic rings. The molecule has 2 aromatic carbocycles. The summed E-state index contributed by atoms with van der Waals surface area (Å²) in [5.41, 5.74) is 8.76. The van der Waals surface area contributed by atoms with Gasteiger partial charge in [-0.05, 0) is 72.6 Å². The zero-order chi connectivity index (χ0) is 24.0. The third kappa shape index (κ3) is 5.98. The number of aryl methyl sites for hydroxylation is 2. The van der Waals surface area contributed by atoms with Gasteiger partial charge in [0.1, 0.15) is 5.75 Å². The van der Waals surface area contributed by atoms with Gasteiger partial charge in [0.25, 0.3) is 0 Å². The Bertz CT molecular complexity index is 1120. The van der Waals surface area contributed by atoms with Crippen molar-refractivity contribution in [2.45, 2.75) is 59.8 Å². The largest absolute Gasteiger partial charge is 0.493 e. The molecule has 0 bridgehead atoms. The number of hydrogen-bond donors (Lipinski definition) is 0. The maximum absolute atomic E-state index is 5.98. The molecular weight excluding hydrogens is 404 g/mol. The van der Waals surface area contributed by atoms with Gasteiger partial charge in [-0.25, -0.2) is 4.98 Å². The molecule has 0 spiro atoms. The Balaban J connectivity index is 1.97. The highest BCUT2D eigenvalue weighted by Gasteiger charge is 2.13. The number of rotatable bonds is 9. The van der Waals surface area contributed by atoms with Crippen molar-refractivity contribution >= 4 is 11.9 Å². The van der Waals surface area contributed by atoms with E-state index in [9.17, 15) is 0 Å². The third-order valence-corrected chi connectivity index (χ3v) is 5.82. The van der Waals surface area contributed by atoms with Crippen LogP contribution in [0.2, 0.25) is 0 Å². The van der Waals surface area contributed by atoms with Crippen LogP contribution in [0.3, 0.4) is 0 Å². The van der Waals surface area contributed by atoms with Crippen LogP contribution in [0.15, 0.2) is 66.2 Å². The lowest BCUT2D eigenvalue weighted by atomic mass is 9.93. The fraction of sp³-hybridized carbons (Fsp3) is 0.333. The fourth-order valence-electron chi connectivity index (χ4n) is 3.98. The van der Waals surface area contributed by atoms with Gasteiger partial charge in [0.05, 0.1) is 29.9 Å². The predicted molar refractivity (Wildman–Crippen MR) is 141 cm³/mol. The summed E-state index contributed by atoms with van der Waals surface area (Å²) < 4.78 is 5.98. The van der Waals surface area contributed by atoms with Crippen LogP contribution in [0.4, 0.5) is 5.69 Å². The summed E-state index contributed by atoms with van der Waals surface area (Å²) in [7, 11) is 0. The van der Waals surface area contributed by atoms with Gasteiger partial charge in [-0.1, -0.05) is 64.1 Å². The van der Waals surface area contributed by atoms with Gasteiger partial charge in [-0.3, -0.25) is 4.99 Å². The molecule has 0 N–H and O–H groups in total. The van der Waals surface area contributed by atoms with Gasteiger partial charge in [-0.2, -0.15) is 0 Å². The molecule has 0 saturated heterocycles. The minimum Gasteiger partial charge on any atom is -0.493 e. The quantitative estimate of drug-likeness (QED) is 0.190. The summed E-state index contributed by atoms with van der Waals surface area (Å²) in [5, 5.41) is 0. The maximum Gasteiger partial charge on any atom is 0.122 e. The Morgan fingerprint density at radius 2 is 1.61 bits per heavy atom. The van der Waals surface area contributed by atoms with Crippen LogP contribution >= 0.6 is 0 Å². The van der Waals surface area contributed by atoms with Crippen molar-refractivity contribution in [3.63, 3.8) is 0 Å². The second kappa shape index (κ2) is 11.1. The average Bonchev–Trinajstić information content (AvgIpc) is 2.79. The number of nitrogens with zero attached hydrogens (tertiary/aromatic N) is 2. The SMILES string of the molecule is C=CCCOc1cc(-c2cccc(C=Nc3c(C(C)C)cccc3C(C)C)n2)c(C)cc1C. The first-order valence-electron chi connectivity index (χ1n) is 11.8. The minimum absolute atomic E-state index is 0.407. The molecule has 0 atom stereocenters. The van der Waals surface area contributed by atoms with Gasteiger partial charge < -0.3 is 4.74 Å². The Labute approximate surface area is 199 Å². The highest BCUT2D eigenvalue weighted by atomic mass is 16.5. The van der Waals surface area contributed by atoms with E-state index in [0.717, 1.165) is 40.4 Å². The highest BCUT2D eigenvalue weighted by Crippen LogP contribution is 2.35. The average molecular weight is 441 g/mol. The van der Waals surface area contributed by atoms with Crippen LogP contribution in [0, 0.1) is 13.8 Å². The highest BCUT2D eigenvalue weighted by molar-refractivity contribution is 5.82. The summed E-state index contributed by atoms with van der Waals surface area (Å²) in [6.45, 7) is 17.4. The number of pyridine rings is 1. The van der Waals surface area contributed by atoms with E-state index < -0.39 is 0 Å². The number of para-hydroxylation sites is 1. The molecule has 172 valence electrons. The van der Waals surface area contributed by atoms with Crippen molar-refractivity contribution in [2.24, 2.45) is 4.99 Å². The molecule has 3 aromatic rings. The van der Waals surface area contributed by atoms with Crippen molar-refractivity contribution in [2.75, 3.05) is 6.61 Å². The van der Waals surface area contributed by atoms with Crippen LogP contribution in [-0.4, -0.2) is 17.8 Å². The molecule has 0 radical (unpaired) electrons.